The van der Waals surface area contributed by atoms with Crippen LogP contribution in [0.2, 0.25) is 0 Å². The van der Waals surface area contributed by atoms with Gasteiger partial charge in [-0.25, -0.2) is 0 Å². The summed E-state index contributed by atoms with van der Waals surface area (Å²) in [6, 6.07) is 10.2. The van der Waals surface area contributed by atoms with Gasteiger partial charge in [-0.15, -0.1) is 0 Å². The van der Waals surface area contributed by atoms with Crippen molar-refractivity contribution in [3.05, 3.63) is 45.7 Å². The Bertz CT molecular complexity index is 552. The minimum absolute atomic E-state index is 0.186. The lowest BCUT2D eigenvalue weighted by Gasteiger charge is -2.11. The van der Waals surface area contributed by atoms with E-state index in [9.17, 15) is 0 Å². The Kier molecular flexibility index (Phi) is 4.22. The second-order valence-corrected chi connectivity index (χ2v) is 5.76. The fraction of sp³-hybridized carbons (Fsp3) is 0.267. The molecule has 0 spiro atoms. The molecule has 0 unspecified atom stereocenters. The third-order valence-corrected chi connectivity index (χ3v) is 3.11. The van der Waals surface area contributed by atoms with Crippen LogP contribution in [0.25, 0.3) is 11.3 Å². The fourth-order valence-corrected chi connectivity index (χ4v) is 2.44. The summed E-state index contributed by atoms with van der Waals surface area (Å²) in [5.41, 5.74) is 3.30. The number of hydrogen-bond donors (Lipinski definition) is 0. The van der Waals surface area contributed by atoms with Crippen molar-refractivity contribution >= 4 is 22.6 Å². The number of aryl methyl sites for hydroxylation is 1. The van der Waals surface area contributed by atoms with Crippen molar-refractivity contribution in [1.82, 2.24) is 4.98 Å². The van der Waals surface area contributed by atoms with Crippen molar-refractivity contribution in [2.45, 2.75) is 26.9 Å². The standard InChI is InChI=1S/C15H16INO/c1-10(2)18-14-6-4-5-12(8-14)15-11(3)7-13(16)9-17-15/h4-10H,1-3H3. The number of ether oxygens (including phenoxy) is 1. The smallest absolute Gasteiger partial charge is 0.120 e. The molecule has 0 amide bonds. The molecule has 0 saturated carbocycles. The van der Waals surface area contributed by atoms with Crippen LogP contribution in [0, 0.1) is 10.5 Å². The maximum Gasteiger partial charge on any atom is 0.120 e. The van der Waals surface area contributed by atoms with Gasteiger partial charge in [-0.3, -0.25) is 4.98 Å². The third-order valence-electron chi connectivity index (χ3n) is 2.52. The Balaban J connectivity index is 2.38. The summed E-state index contributed by atoms with van der Waals surface area (Å²) in [6.45, 7) is 6.14. The first-order valence-electron chi connectivity index (χ1n) is 5.95. The molecule has 0 atom stereocenters. The van der Waals surface area contributed by atoms with Gasteiger partial charge in [0.2, 0.25) is 0 Å². The number of aromatic nitrogens is 1. The maximum absolute atomic E-state index is 5.71. The number of hydrogen-bond acceptors (Lipinski definition) is 2. The molecule has 0 fully saturated rings. The SMILES string of the molecule is Cc1cc(I)cnc1-c1cccc(OC(C)C)c1. The molecule has 2 aromatic rings. The molecule has 2 rings (SSSR count). The van der Waals surface area contributed by atoms with Crippen molar-refractivity contribution in [3.63, 3.8) is 0 Å². The van der Waals surface area contributed by atoms with Crippen molar-refractivity contribution in [2.24, 2.45) is 0 Å². The van der Waals surface area contributed by atoms with Gasteiger partial charge in [0, 0.05) is 15.3 Å². The number of halogens is 1. The normalized spacial score (nSPS) is 10.7. The van der Waals surface area contributed by atoms with E-state index in [4.69, 9.17) is 4.74 Å². The summed E-state index contributed by atoms with van der Waals surface area (Å²) < 4.78 is 6.87. The molecule has 0 aliphatic carbocycles. The van der Waals surface area contributed by atoms with Gasteiger partial charge in [-0.05, 0) is 67.1 Å². The van der Waals surface area contributed by atoms with Crippen molar-refractivity contribution < 1.29 is 4.74 Å². The van der Waals surface area contributed by atoms with Gasteiger partial charge in [-0.2, -0.15) is 0 Å². The second kappa shape index (κ2) is 5.69. The first-order valence-corrected chi connectivity index (χ1v) is 7.03. The Labute approximate surface area is 122 Å². The molecule has 1 heterocycles. The summed E-state index contributed by atoms with van der Waals surface area (Å²) in [7, 11) is 0. The molecular formula is C15H16INO. The molecule has 0 bridgehead atoms. The van der Waals surface area contributed by atoms with Crippen molar-refractivity contribution in [1.29, 1.82) is 0 Å². The van der Waals surface area contributed by atoms with E-state index in [1.54, 1.807) is 0 Å². The Morgan fingerprint density at radius 2 is 2.00 bits per heavy atom. The summed E-state index contributed by atoms with van der Waals surface area (Å²) in [5.74, 6) is 0.891. The zero-order chi connectivity index (χ0) is 13.1. The third kappa shape index (κ3) is 3.22. The predicted octanol–water partition coefficient (Wildman–Crippen LogP) is 4.45. The molecule has 1 aromatic heterocycles. The molecule has 0 aliphatic rings. The molecule has 0 radical (unpaired) electrons. The molecule has 3 heteroatoms. The Morgan fingerprint density at radius 3 is 2.67 bits per heavy atom. The van der Waals surface area contributed by atoms with Crippen LogP contribution in [0.4, 0.5) is 0 Å². The van der Waals surface area contributed by atoms with Crippen LogP contribution in [0.3, 0.4) is 0 Å². The van der Waals surface area contributed by atoms with Crippen LogP contribution < -0.4 is 4.74 Å². The van der Waals surface area contributed by atoms with E-state index >= 15 is 0 Å². The van der Waals surface area contributed by atoms with Crippen LogP contribution >= 0.6 is 22.6 Å². The maximum atomic E-state index is 5.71. The number of pyridine rings is 1. The highest BCUT2D eigenvalue weighted by atomic mass is 127. The first-order chi connectivity index (χ1) is 8.56. The minimum Gasteiger partial charge on any atom is -0.491 e. The summed E-state index contributed by atoms with van der Waals surface area (Å²) in [5, 5.41) is 0. The van der Waals surface area contributed by atoms with E-state index in [2.05, 4.69) is 46.6 Å². The lowest BCUT2D eigenvalue weighted by Crippen LogP contribution is -2.05. The van der Waals surface area contributed by atoms with Gasteiger partial charge in [0.05, 0.1) is 11.8 Å². The van der Waals surface area contributed by atoms with Crippen molar-refractivity contribution in [3.8, 4) is 17.0 Å². The van der Waals surface area contributed by atoms with Crippen LogP contribution in [-0.2, 0) is 0 Å². The highest BCUT2D eigenvalue weighted by molar-refractivity contribution is 14.1. The quantitative estimate of drug-likeness (QED) is 0.761. The number of rotatable bonds is 3. The summed E-state index contributed by atoms with van der Waals surface area (Å²) in [6.07, 6.45) is 2.07. The van der Waals surface area contributed by atoms with Crippen molar-refractivity contribution in [2.75, 3.05) is 0 Å². The van der Waals surface area contributed by atoms with E-state index in [1.165, 1.54) is 5.56 Å². The van der Waals surface area contributed by atoms with Crippen LogP contribution in [0.1, 0.15) is 19.4 Å². The Morgan fingerprint density at radius 1 is 1.22 bits per heavy atom. The van der Waals surface area contributed by atoms with Crippen LogP contribution in [0.5, 0.6) is 5.75 Å². The monoisotopic (exact) mass is 353 g/mol. The Hall–Kier alpha value is -1.10. The lowest BCUT2D eigenvalue weighted by atomic mass is 10.1. The molecule has 0 aliphatic heterocycles. The topological polar surface area (TPSA) is 22.1 Å². The van der Waals surface area contributed by atoms with Gasteiger partial charge >= 0.3 is 0 Å². The highest BCUT2D eigenvalue weighted by Gasteiger charge is 2.06. The van der Waals surface area contributed by atoms with Gasteiger partial charge in [0.15, 0.2) is 0 Å². The highest BCUT2D eigenvalue weighted by Crippen LogP contribution is 2.26. The molecule has 0 N–H and O–H groups in total. The van der Waals surface area contributed by atoms with Gasteiger partial charge < -0.3 is 4.74 Å². The minimum atomic E-state index is 0.186. The van der Waals surface area contributed by atoms with Gasteiger partial charge in [0.25, 0.3) is 0 Å². The van der Waals surface area contributed by atoms with Crippen LogP contribution in [0.15, 0.2) is 36.5 Å². The zero-order valence-electron chi connectivity index (χ0n) is 10.8. The molecule has 2 nitrogen and oxygen atoms in total. The van der Waals surface area contributed by atoms with E-state index < -0.39 is 0 Å². The van der Waals surface area contributed by atoms with E-state index in [0.717, 1.165) is 20.6 Å². The number of benzene rings is 1. The van der Waals surface area contributed by atoms with Gasteiger partial charge in [0.1, 0.15) is 5.75 Å². The molecule has 94 valence electrons. The van der Waals surface area contributed by atoms with Gasteiger partial charge in [-0.1, -0.05) is 12.1 Å². The van der Waals surface area contributed by atoms with E-state index in [1.807, 2.05) is 38.2 Å². The fourth-order valence-electron chi connectivity index (χ4n) is 1.83. The molecule has 0 saturated heterocycles. The second-order valence-electron chi connectivity index (χ2n) is 4.51. The first kappa shape index (κ1) is 13.3. The predicted molar refractivity (Wildman–Crippen MR) is 82.9 cm³/mol. The summed E-state index contributed by atoms with van der Waals surface area (Å²) >= 11 is 2.28. The average Bonchev–Trinajstić information content (AvgIpc) is 2.28. The molecule has 1 aromatic carbocycles. The lowest BCUT2D eigenvalue weighted by molar-refractivity contribution is 0.242. The average molecular weight is 353 g/mol. The van der Waals surface area contributed by atoms with E-state index in [0.29, 0.717) is 0 Å². The largest absolute Gasteiger partial charge is 0.491 e. The zero-order valence-corrected chi connectivity index (χ0v) is 12.9. The van der Waals surface area contributed by atoms with Crippen LogP contribution in [-0.4, -0.2) is 11.1 Å². The molecular weight excluding hydrogens is 337 g/mol. The number of nitrogens with zero attached hydrogens (tertiary/aromatic N) is 1. The molecule has 18 heavy (non-hydrogen) atoms. The van der Waals surface area contributed by atoms with E-state index in [-0.39, 0.29) is 6.10 Å². The summed E-state index contributed by atoms with van der Waals surface area (Å²) in [4.78, 5) is 4.51.